The van der Waals surface area contributed by atoms with E-state index in [1.165, 1.54) is 29.5 Å². The molecule has 92 valence electrons. The van der Waals surface area contributed by atoms with Gasteiger partial charge in [0.15, 0.2) is 5.75 Å². The minimum absolute atomic E-state index is 0.109. The normalized spacial score (nSPS) is 10.0. The van der Waals surface area contributed by atoms with Crippen molar-refractivity contribution in [2.45, 2.75) is 6.61 Å². The van der Waals surface area contributed by atoms with Crippen LogP contribution in [0.25, 0.3) is 0 Å². The molecule has 0 saturated carbocycles. The fourth-order valence-electron chi connectivity index (χ4n) is 1.41. The van der Waals surface area contributed by atoms with Crippen molar-refractivity contribution < 1.29 is 14.5 Å². The van der Waals surface area contributed by atoms with Gasteiger partial charge in [0.25, 0.3) is 0 Å². The fraction of sp³-hybridized carbons (Fsp3) is 0.0833. The van der Waals surface area contributed by atoms with Crippen LogP contribution >= 0.6 is 11.3 Å². The molecule has 0 aliphatic carbocycles. The van der Waals surface area contributed by atoms with Crippen molar-refractivity contribution in [2.75, 3.05) is 0 Å². The van der Waals surface area contributed by atoms with Gasteiger partial charge in [-0.25, -0.2) is 0 Å². The average Bonchev–Trinajstić information content (AvgIpc) is 2.88. The first-order chi connectivity index (χ1) is 8.70. The van der Waals surface area contributed by atoms with Crippen molar-refractivity contribution in [1.29, 1.82) is 0 Å². The van der Waals surface area contributed by atoms with E-state index in [1.807, 2.05) is 17.5 Å². The lowest BCUT2D eigenvalue weighted by Crippen LogP contribution is -1.98. The summed E-state index contributed by atoms with van der Waals surface area (Å²) in [6.45, 7) is 0.251. The predicted molar refractivity (Wildman–Crippen MR) is 67.1 cm³/mol. The molecule has 5 nitrogen and oxygen atoms in total. The van der Waals surface area contributed by atoms with E-state index in [9.17, 15) is 14.9 Å². The van der Waals surface area contributed by atoms with Crippen LogP contribution in [0.15, 0.2) is 35.7 Å². The number of carbonyl (C=O) groups excluding carboxylic acids is 1. The maximum absolute atomic E-state index is 10.8. The van der Waals surface area contributed by atoms with Crippen molar-refractivity contribution in [3.63, 3.8) is 0 Å². The Balaban J connectivity index is 2.23. The number of thiophene rings is 1. The number of hydrogen-bond donors (Lipinski definition) is 0. The summed E-state index contributed by atoms with van der Waals surface area (Å²) in [5.74, 6) is 0.109. The van der Waals surface area contributed by atoms with Crippen molar-refractivity contribution in [3.8, 4) is 5.75 Å². The molecular weight excluding hydrogens is 254 g/mol. The molecule has 0 aliphatic rings. The van der Waals surface area contributed by atoms with Crippen molar-refractivity contribution in [1.82, 2.24) is 0 Å². The summed E-state index contributed by atoms with van der Waals surface area (Å²) >= 11 is 1.50. The summed E-state index contributed by atoms with van der Waals surface area (Å²) in [5, 5.41) is 12.7. The monoisotopic (exact) mass is 263 g/mol. The van der Waals surface area contributed by atoms with Crippen LogP contribution in [0.3, 0.4) is 0 Å². The minimum atomic E-state index is -0.529. The zero-order valence-electron chi connectivity index (χ0n) is 9.24. The lowest BCUT2D eigenvalue weighted by molar-refractivity contribution is -0.385. The van der Waals surface area contributed by atoms with E-state index in [4.69, 9.17) is 4.74 Å². The van der Waals surface area contributed by atoms with Crippen LogP contribution in [-0.4, -0.2) is 11.2 Å². The lowest BCUT2D eigenvalue weighted by atomic mass is 10.2. The van der Waals surface area contributed by atoms with E-state index in [2.05, 4.69) is 0 Å². The van der Waals surface area contributed by atoms with Crippen LogP contribution in [0.2, 0.25) is 0 Å². The first kappa shape index (κ1) is 12.3. The lowest BCUT2D eigenvalue weighted by Gasteiger charge is -2.05. The van der Waals surface area contributed by atoms with E-state index < -0.39 is 4.92 Å². The molecule has 0 aliphatic heterocycles. The van der Waals surface area contributed by atoms with Gasteiger partial charge in [0, 0.05) is 16.5 Å². The van der Waals surface area contributed by atoms with Gasteiger partial charge >= 0.3 is 5.69 Å². The number of nitrogens with zero attached hydrogens (tertiary/aromatic N) is 1. The van der Waals surface area contributed by atoms with E-state index in [1.54, 1.807) is 0 Å². The molecule has 2 rings (SSSR count). The Hall–Kier alpha value is -2.21. The summed E-state index contributed by atoms with van der Waals surface area (Å²) in [6, 6.07) is 7.79. The molecule has 1 heterocycles. The molecule has 0 fully saturated rings. The molecule has 18 heavy (non-hydrogen) atoms. The second kappa shape index (κ2) is 5.42. The molecule has 0 saturated heterocycles. The number of benzene rings is 1. The highest BCUT2D eigenvalue weighted by atomic mass is 32.1. The Morgan fingerprint density at radius 2 is 2.22 bits per heavy atom. The minimum Gasteiger partial charge on any atom is -0.481 e. The van der Waals surface area contributed by atoms with Gasteiger partial charge in [-0.2, -0.15) is 0 Å². The Morgan fingerprint density at radius 1 is 1.39 bits per heavy atom. The van der Waals surface area contributed by atoms with Gasteiger partial charge in [0.05, 0.1) is 4.92 Å². The van der Waals surface area contributed by atoms with Gasteiger partial charge in [-0.1, -0.05) is 6.07 Å². The highest BCUT2D eigenvalue weighted by molar-refractivity contribution is 7.09. The molecule has 2 aromatic rings. The van der Waals surface area contributed by atoms with E-state index in [0.29, 0.717) is 11.8 Å². The predicted octanol–water partition coefficient (Wildman–Crippen LogP) is 3.05. The molecule has 0 N–H and O–H groups in total. The summed E-state index contributed by atoms with van der Waals surface area (Å²) in [4.78, 5) is 21.9. The highest BCUT2D eigenvalue weighted by Crippen LogP contribution is 2.28. The molecule has 1 aromatic carbocycles. The molecule has 0 bridgehead atoms. The SMILES string of the molecule is O=Cc1ccc([N+](=O)[O-])c(OCc2cccs2)c1. The second-order valence-corrected chi connectivity index (χ2v) is 4.50. The van der Waals surface area contributed by atoms with Crippen LogP contribution in [0, 0.1) is 10.1 Å². The average molecular weight is 263 g/mol. The Kier molecular flexibility index (Phi) is 3.69. The Labute approximate surface area is 107 Å². The number of rotatable bonds is 5. The molecule has 0 amide bonds. The Bertz CT molecular complexity index is 565. The van der Waals surface area contributed by atoms with E-state index >= 15 is 0 Å². The van der Waals surface area contributed by atoms with Gasteiger partial charge in [-0.05, 0) is 23.6 Å². The first-order valence-electron chi connectivity index (χ1n) is 5.09. The zero-order chi connectivity index (χ0) is 13.0. The van der Waals surface area contributed by atoms with Crippen LogP contribution in [0.5, 0.6) is 5.75 Å². The topological polar surface area (TPSA) is 69.4 Å². The number of hydrogen-bond acceptors (Lipinski definition) is 5. The van der Waals surface area contributed by atoms with Gasteiger partial charge in [0.1, 0.15) is 12.9 Å². The summed E-state index contributed by atoms with van der Waals surface area (Å²) in [5.41, 5.74) is 0.207. The maximum atomic E-state index is 10.8. The largest absolute Gasteiger partial charge is 0.481 e. The van der Waals surface area contributed by atoms with Crippen molar-refractivity contribution >= 4 is 23.3 Å². The van der Waals surface area contributed by atoms with Gasteiger partial charge in [-0.15, -0.1) is 11.3 Å². The summed E-state index contributed by atoms with van der Waals surface area (Å²) in [6.07, 6.45) is 0.627. The zero-order valence-corrected chi connectivity index (χ0v) is 10.1. The maximum Gasteiger partial charge on any atom is 0.310 e. The van der Waals surface area contributed by atoms with Crippen LogP contribution in [0.1, 0.15) is 15.2 Å². The standard InChI is InChI=1S/C12H9NO4S/c14-7-9-3-4-11(13(15)16)12(6-9)17-8-10-2-1-5-18-10/h1-7H,8H2. The molecular formula is C12H9NO4S. The third-order valence-electron chi connectivity index (χ3n) is 2.27. The van der Waals surface area contributed by atoms with Crippen LogP contribution in [0.4, 0.5) is 5.69 Å². The van der Waals surface area contributed by atoms with Gasteiger partial charge in [-0.3, -0.25) is 14.9 Å². The van der Waals surface area contributed by atoms with Gasteiger partial charge < -0.3 is 4.74 Å². The molecule has 6 heteroatoms. The van der Waals surface area contributed by atoms with Crippen molar-refractivity contribution in [3.05, 3.63) is 56.3 Å². The van der Waals surface area contributed by atoms with E-state index in [-0.39, 0.29) is 18.0 Å². The van der Waals surface area contributed by atoms with Crippen molar-refractivity contribution in [2.24, 2.45) is 0 Å². The molecule has 0 spiro atoms. The van der Waals surface area contributed by atoms with Crippen LogP contribution in [-0.2, 0) is 6.61 Å². The third-order valence-corrected chi connectivity index (χ3v) is 3.12. The number of ether oxygens (including phenoxy) is 1. The Morgan fingerprint density at radius 3 is 2.83 bits per heavy atom. The quantitative estimate of drug-likeness (QED) is 0.472. The molecule has 0 radical (unpaired) electrons. The third kappa shape index (κ3) is 2.72. The number of aldehydes is 1. The number of carbonyl (C=O) groups is 1. The number of nitro groups is 1. The fourth-order valence-corrected chi connectivity index (χ4v) is 2.03. The number of nitro benzene ring substituents is 1. The summed E-state index contributed by atoms with van der Waals surface area (Å²) in [7, 11) is 0. The van der Waals surface area contributed by atoms with E-state index in [0.717, 1.165) is 4.88 Å². The molecule has 0 atom stereocenters. The second-order valence-electron chi connectivity index (χ2n) is 3.47. The highest BCUT2D eigenvalue weighted by Gasteiger charge is 2.15. The molecule has 0 unspecified atom stereocenters. The summed E-state index contributed by atoms with van der Waals surface area (Å²) < 4.78 is 5.40. The first-order valence-corrected chi connectivity index (χ1v) is 5.97. The van der Waals surface area contributed by atoms with Crippen LogP contribution < -0.4 is 4.74 Å². The smallest absolute Gasteiger partial charge is 0.310 e. The molecule has 1 aromatic heterocycles. The van der Waals surface area contributed by atoms with Gasteiger partial charge in [0.2, 0.25) is 0 Å².